The maximum absolute atomic E-state index is 13.0. The molecule has 1 aliphatic carbocycles. The summed E-state index contributed by atoms with van der Waals surface area (Å²) < 4.78 is 7.78. The van der Waals surface area contributed by atoms with Crippen LogP contribution in [-0.2, 0) is 9.53 Å². The zero-order valence-electron chi connectivity index (χ0n) is 20.6. The van der Waals surface area contributed by atoms with Gasteiger partial charge >= 0.3 is 11.9 Å². The van der Waals surface area contributed by atoms with Gasteiger partial charge in [-0.05, 0) is 29.7 Å². The van der Waals surface area contributed by atoms with Crippen LogP contribution in [0, 0.1) is 0 Å². The number of aromatic nitrogens is 2. The van der Waals surface area contributed by atoms with Gasteiger partial charge in [0, 0.05) is 12.5 Å². The molecule has 0 fully saturated rings. The van der Waals surface area contributed by atoms with Crippen LogP contribution in [-0.4, -0.2) is 35.2 Å². The molecule has 2 unspecified atom stereocenters. The quantitative estimate of drug-likeness (QED) is 0.238. The van der Waals surface area contributed by atoms with Crippen molar-refractivity contribution in [2.45, 2.75) is 29.2 Å². The van der Waals surface area contributed by atoms with E-state index in [1.165, 1.54) is 29.5 Å². The molecule has 3 aromatic rings. The molecule has 0 saturated carbocycles. The van der Waals surface area contributed by atoms with E-state index in [1.807, 2.05) is 18.3 Å². The van der Waals surface area contributed by atoms with Crippen molar-refractivity contribution in [3.8, 4) is 0 Å². The SMILES string of the molecule is COC(=O)C1=CC=CC23CC=CC(C)=C2n2c(SC(c4ccccc4)c4ccccc4)cnc2[N+]13C. The predicted molar refractivity (Wildman–Crippen MR) is 145 cm³/mol. The van der Waals surface area contributed by atoms with Crippen molar-refractivity contribution in [1.82, 2.24) is 14.0 Å². The number of hydrogen-bond donors (Lipinski definition) is 0. The summed E-state index contributed by atoms with van der Waals surface area (Å²) in [6, 6.07) is 21.2. The molecule has 1 spiro atoms. The first-order chi connectivity index (χ1) is 17.5. The Kier molecular flexibility index (Phi) is 5.39. The van der Waals surface area contributed by atoms with Crippen LogP contribution < -0.4 is 4.48 Å². The summed E-state index contributed by atoms with van der Waals surface area (Å²) in [5.74, 6) is 0.501. The number of rotatable bonds is 5. The van der Waals surface area contributed by atoms with Gasteiger partial charge < -0.3 is 4.74 Å². The third-order valence-corrected chi connectivity index (χ3v) is 8.97. The number of fused-ring (bicyclic) bond motifs is 3. The number of benzene rings is 2. The third kappa shape index (κ3) is 3.08. The van der Waals surface area contributed by atoms with Crippen LogP contribution in [0.1, 0.15) is 29.7 Å². The number of carbonyl (C=O) groups excluding carboxylic acids is 1. The van der Waals surface area contributed by atoms with Crippen molar-refractivity contribution in [3.05, 3.63) is 120 Å². The van der Waals surface area contributed by atoms with Gasteiger partial charge in [0.25, 0.3) is 0 Å². The monoisotopic (exact) mass is 494 g/mol. The molecule has 6 heteroatoms. The summed E-state index contributed by atoms with van der Waals surface area (Å²) in [7, 11) is 3.53. The van der Waals surface area contributed by atoms with E-state index in [1.54, 1.807) is 11.8 Å². The number of esters is 1. The second-order valence-electron chi connectivity index (χ2n) is 9.52. The highest BCUT2D eigenvalue weighted by Gasteiger charge is 2.65. The fourth-order valence-corrected chi connectivity index (χ4v) is 7.16. The van der Waals surface area contributed by atoms with Crippen molar-refractivity contribution in [3.63, 3.8) is 0 Å². The van der Waals surface area contributed by atoms with Gasteiger partial charge in [-0.2, -0.15) is 4.98 Å². The predicted octanol–water partition coefficient (Wildman–Crippen LogP) is 6.27. The fourth-order valence-electron chi connectivity index (χ4n) is 5.94. The standard InChI is InChI=1S/C30H28N3O2S/c1-21-12-10-18-30-19-11-17-24(28(34)35-3)33(30,2)29-31-20-25(32(29)27(21)30)36-26(22-13-6-4-7-14-22)23-15-8-5-9-16-23/h4-17,19-20,26H,18H2,1-3H3/q+1. The Hall–Kier alpha value is -3.61. The Labute approximate surface area is 215 Å². The van der Waals surface area contributed by atoms with E-state index in [9.17, 15) is 4.79 Å². The Morgan fingerprint density at radius 1 is 1.11 bits per heavy atom. The topological polar surface area (TPSA) is 44.1 Å². The molecular formula is C30H28N3O2S+. The van der Waals surface area contributed by atoms with Crippen LogP contribution in [0.25, 0.3) is 5.70 Å². The van der Waals surface area contributed by atoms with E-state index in [-0.39, 0.29) is 15.7 Å². The van der Waals surface area contributed by atoms with E-state index < -0.39 is 5.54 Å². The molecule has 3 heterocycles. The number of nitrogens with zero attached hydrogens (tertiary/aromatic N) is 3. The lowest BCUT2D eigenvalue weighted by molar-refractivity contribution is -0.138. The van der Waals surface area contributed by atoms with Gasteiger partial charge in [0.15, 0.2) is 5.54 Å². The first-order valence-corrected chi connectivity index (χ1v) is 13.0. The fraction of sp³-hybridized carbons (Fsp3) is 0.200. The second kappa shape index (κ2) is 8.50. The number of likely N-dealkylation sites (N-methyl/N-ethyl adjacent to an activating group) is 1. The van der Waals surface area contributed by atoms with Crippen LogP contribution in [0.3, 0.4) is 0 Å². The molecule has 0 saturated heterocycles. The van der Waals surface area contributed by atoms with E-state index in [2.05, 4.69) is 97.4 Å². The summed E-state index contributed by atoms with van der Waals surface area (Å²) in [5.41, 5.74) is 4.96. The Morgan fingerprint density at radius 2 is 1.78 bits per heavy atom. The largest absolute Gasteiger partial charge is 0.462 e. The molecule has 0 amide bonds. The van der Waals surface area contributed by atoms with Crippen molar-refractivity contribution >= 4 is 29.4 Å². The summed E-state index contributed by atoms with van der Waals surface area (Å²) in [6.07, 6.45) is 13.2. The van der Waals surface area contributed by atoms with E-state index in [0.29, 0.717) is 5.70 Å². The van der Waals surface area contributed by atoms with Crippen molar-refractivity contribution in [2.24, 2.45) is 0 Å². The van der Waals surface area contributed by atoms with Crippen molar-refractivity contribution in [1.29, 1.82) is 0 Å². The van der Waals surface area contributed by atoms with Gasteiger partial charge in [-0.1, -0.05) is 90.7 Å². The first kappa shape index (κ1) is 22.8. The van der Waals surface area contributed by atoms with Gasteiger partial charge in [0.2, 0.25) is 5.70 Å². The summed E-state index contributed by atoms with van der Waals surface area (Å²) >= 11 is 1.79. The number of thioether (sulfide) groups is 1. The Bertz CT molecular complexity index is 1430. The lowest BCUT2D eigenvalue weighted by Gasteiger charge is -2.44. The highest BCUT2D eigenvalue weighted by molar-refractivity contribution is 7.99. The maximum atomic E-state index is 13.0. The van der Waals surface area contributed by atoms with E-state index in [4.69, 9.17) is 9.72 Å². The molecule has 2 aromatic carbocycles. The number of allylic oxidation sites excluding steroid dienone is 4. The lowest BCUT2D eigenvalue weighted by atomic mass is 9.80. The minimum absolute atomic E-state index is 0.0956. The molecule has 0 N–H and O–H groups in total. The first-order valence-electron chi connectivity index (χ1n) is 12.1. The normalized spacial score (nSPS) is 23.8. The number of carbonyl (C=O) groups is 1. The number of imidazole rings is 1. The molecule has 1 aromatic heterocycles. The smallest absolute Gasteiger partial charge is 0.393 e. The molecule has 6 rings (SSSR count). The van der Waals surface area contributed by atoms with Crippen LogP contribution in [0.4, 0.5) is 5.95 Å². The van der Waals surface area contributed by atoms with Crippen LogP contribution >= 0.6 is 11.8 Å². The highest BCUT2D eigenvalue weighted by atomic mass is 32.2. The molecule has 180 valence electrons. The molecule has 2 aliphatic heterocycles. The average Bonchev–Trinajstić information content (AvgIpc) is 3.42. The lowest BCUT2D eigenvalue weighted by Crippen LogP contribution is -2.62. The molecular weight excluding hydrogens is 466 g/mol. The van der Waals surface area contributed by atoms with Crippen molar-refractivity contribution < 1.29 is 9.53 Å². The average molecular weight is 495 g/mol. The van der Waals surface area contributed by atoms with Crippen LogP contribution in [0.2, 0.25) is 0 Å². The summed E-state index contributed by atoms with van der Waals surface area (Å²) in [6.45, 7) is 2.15. The molecule has 2 atom stereocenters. The van der Waals surface area contributed by atoms with Gasteiger partial charge in [0.05, 0.1) is 31.3 Å². The van der Waals surface area contributed by atoms with Gasteiger partial charge in [0.1, 0.15) is 5.03 Å². The number of ether oxygens (including phenoxy) is 1. The highest BCUT2D eigenvalue weighted by Crippen LogP contribution is 2.58. The zero-order valence-corrected chi connectivity index (χ0v) is 21.4. The summed E-state index contributed by atoms with van der Waals surface area (Å²) in [5, 5.41) is 1.15. The van der Waals surface area contributed by atoms with E-state index >= 15 is 0 Å². The molecule has 36 heavy (non-hydrogen) atoms. The summed E-state index contributed by atoms with van der Waals surface area (Å²) in [4.78, 5) is 18.0. The molecule has 0 bridgehead atoms. The minimum Gasteiger partial charge on any atom is -0.462 e. The van der Waals surface area contributed by atoms with Gasteiger partial charge in [-0.15, -0.1) is 0 Å². The Morgan fingerprint density at radius 3 is 2.42 bits per heavy atom. The van der Waals surface area contributed by atoms with Crippen molar-refractivity contribution in [2.75, 3.05) is 14.2 Å². The molecule has 3 aliphatic rings. The number of methoxy groups -OCH3 is 1. The maximum Gasteiger partial charge on any atom is 0.393 e. The van der Waals surface area contributed by atoms with Gasteiger partial charge in [-0.3, -0.25) is 0 Å². The number of hydrogen-bond acceptors (Lipinski definition) is 4. The Balaban J connectivity index is 1.55. The number of quaternary nitrogens is 1. The van der Waals surface area contributed by atoms with Crippen LogP contribution in [0.15, 0.2) is 114 Å². The molecule has 5 nitrogen and oxygen atoms in total. The van der Waals surface area contributed by atoms with E-state index in [0.717, 1.165) is 17.4 Å². The van der Waals surface area contributed by atoms with Crippen LogP contribution in [0.5, 0.6) is 0 Å². The van der Waals surface area contributed by atoms with Gasteiger partial charge in [-0.25, -0.2) is 13.8 Å². The second-order valence-corrected chi connectivity index (χ2v) is 10.6. The third-order valence-electron chi connectivity index (χ3n) is 7.66. The zero-order chi connectivity index (χ0) is 24.9. The minimum atomic E-state index is -0.453. The molecule has 0 radical (unpaired) electrons.